The molecule has 1 aromatic carbocycles. The molecule has 0 aliphatic carbocycles. The van der Waals surface area contributed by atoms with Crippen molar-refractivity contribution in [1.82, 2.24) is 5.32 Å². The van der Waals surface area contributed by atoms with E-state index in [1.807, 2.05) is 12.1 Å². The molecule has 2 N–H and O–H groups in total. The van der Waals surface area contributed by atoms with Gasteiger partial charge in [-0.1, -0.05) is 32.4 Å². The van der Waals surface area contributed by atoms with Gasteiger partial charge in [0.2, 0.25) is 0 Å². The quantitative estimate of drug-likeness (QED) is 0.683. The van der Waals surface area contributed by atoms with Crippen LogP contribution in [0.15, 0.2) is 24.3 Å². The van der Waals surface area contributed by atoms with Crippen LogP contribution in [-0.2, 0) is 6.54 Å². The molecule has 0 aliphatic rings. The van der Waals surface area contributed by atoms with E-state index in [9.17, 15) is 0 Å². The number of aliphatic hydroxyl groups excluding tert-OH is 1. The molecule has 0 saturated heterocycles. The lowest BCUT2D eigenvalue weighted by molar-refractivity contribution is 0.251. The lowest BCUT2D eigenvalue weighted by atomic mass is 10.0. The van der Waals surface area contributed by atoms with Gasteiger partial charge in [-0.2, -0.15) is 0 Å². The Hall–Kier alpha value is -1.06. The molecule has 0 fully saturated rings. The molecule has 1 unspecified atom stereocenters. The zero-order valence-corrected chi connectivity index (χ0v) is 12.2. The SMILES string of the molecule is CCCOc1cccc(CNCC(CC)CCO)c1. The van der Waals surface area contributed by atoms with Gasteiger partial charge in [0, 0.05) is 13.2 Å². The molecular weight excluding hydrogens is 238 g/mol. The number of hydrogen-bond donors (Lipinski definition) is 2. The molecule has 0 heterocycles. The van der Waals surface area contributed by atoms with Crippen LogP contribution >= 0.6 is 0 Å². The standard InChI is InChI=1S/C16H27NO2/c1-3-10-19-16-7-5-6-15(11-16)13-17-12-14(4-2)8-9-18/h5-7,11,14,17-18H,3-4,8-10,12-13H2,1-2H3. The molecule has 0 bridgehead atoms. The third-order valence-corrected chi connectivity index (χ3v) is 3.25. The van der Waals surface area contributed by atoms with Gasteiger partial charge in [0.05, 0.1) is 6.61 Å². The maximum Gasteiger partial charge on any atom is 0.119 e. The van der Waals surface area contributed by atoms with Gasteiger partial charge in [-0.15, -0.1) is 0 Å². The molecule has 0 aromatic heterocycles. The third-order valence-electron chi connectivity index (χ3n) is 3.25. The highest BCUT2D eigenvalue weighted by atomic mass is 16.5. The first-order chi connectivity index (χ1) is 9.30. The summed E-state index contributed by atoms with van der Waals surface area (Å²) in [4.78, 5) is 0. The van der Waals surface area contributed by atoms with Gasteiger partial charge in [-0.05, 0) is 43.0 Å². The van der Waals surface area contributed by atoms with Crippen LogP contribution in [-0.4, -0.2) is 24.9 Å². The highest BCUT2D eigenvalue weighted by molar-refractivity contribution is 5.28. The number of nitrogens with one attached hydrogen (secondary N) is 1. The van der Waals surface area contributed by atoms with Crippen LogP contribution in [0.2, 0.25) is 0 Å². The monoisotopic (exact) mass is 265 g/mol. The number of benzene rings is 1. The lowest BCUT2D eigenvalue weighted by Crippen LogP contribution is -2.22. The minimum Gasteiger partial charge on any atom is -0.494 e. The van der Waals surface area contributed by atoms with Crippen LogP contribution < -0.4 is 10.1 Å². The van der Waals surface area contributed by atoms with Gasteiger partial charge in [0.25, 0.3) is 0 Å². The third kappa shape index (κ3) is 6.60. The number of rotatable bonds is 10. The molecule has 3 nitrogen and oxygen atoms in total. The van der Waals surface area contributed by atoms with Gasteiger partial charge in [0.1, 0.15) is 5.75 Å². The van der Waals surface area contributed by atoms with Crippen LogP contribution in [0, 0.1) is 5.92 Å². The fourth-order valence-electron chi connectivity index (χ4n) is 2.02. The van der Waals surface area contributed by atoms with E-state index in [2.05, 4.69) is 31.3 Å². The van der Waals surface area contributed by atoms with Crippen LogP contribution in [0.3, 0.4) is 0 Å². The molecule has 0 radical (unpaired) electrons. The van der Waals surface area contributed by atoms with Crippen molar-refractivity contribution < 1.29 is 9.84 Å². The summed E-state index contributed by atoms with van der Waals surface area (Å²) in [6.45, 7) is 7.13. The Balaban J connectivity index is 2.35. The molecule has 0 saturated carbocycles. The lowest BCUT2D eigenvalue weighted by Gasteiger charge is -2.14. The topological polar surface area (TPSA) is 41.5 Å². The van der Waals surface area contributed by atoms with E-state index >= 15 is 0 Å². The van der Waals surface area contributed by atoms with E-state index in [1.54, 1.807) is 0 Å². The second kappa shape index (κ2) is 9.82. The summed E-state index contributed by atoms with van der Waals surface area (Å²) >= 11 is 0. The fourth-order valence-corrected chi connectivity index (χ4v) is 2.02. The highest BCUT2D eigenvalue weighted by Gasteiger charge is 2.05. The molecule has 108 valence electrons. The van der Waals surface area contributed by atoms with E-state index < -0.39 is 0 Å². The maximum absolute atomic E-state index is 8.96. The Morgan fingerprint density at radius 3 is 2.84 bits per heavy atom. The van der Waals surface area contributed by atoms with E-state index in [0.29, 0.717) is 5.92 Å². The summed E-state index contributed by atoms with van der Waals surface area (Å²) in [5, 5.41) is 12.4. The second-order valence-corrected chi connectivity index (χ2v) is 4.91. The van der Waals surface area contributed by atoms with Crippen LogP contribution in [0.1, 0.15) is 38.7 Å². The van der Waals surface area contributed by atoms with Crippen molar-refractivity contribution in [3.8, 4) is 5.75 Å². The summed E-state index contributed by atoms with van der Waals surface area (Å²) in [6.07, 6.45) is 3.01. The van der Waals surface area contributed by atoms with Crippen molar-refractivity contribution in [2.24, 2.45) is 5.92 Å². The van der Waals surface area contributed by atoms with Crippen LogP contribution in [0.25, 0.3) is 0 Å². The normalized spacial score (nSPS) is 12.4. The van der Waals surface area contributed by atoms with Crippen molar-refractivity contribution in [2.45, 2.75) is 39.7 Å². The predicted octanol–water partition coefficient (Wildman–Crippen LogP) is 2.97. The van der Waals surface area contributed by atoms with Crippen LogP contribution in [0.4, 0.5) is 0 Å². The average molecular weight is 265 g/mol. The van der Waals surface area contributed by atoms with Crippen molar-refractivity contribution in [2.75, 3.05) is 19.8 Å². The molecule has 0 spiro atoms. The van der Waals surface area contributed by atoms with Crippen LogP contribution in [0.5, 0.6) is 5.75 Å². The molecule has 1 rings (SSSR count). The first kappa shape index (κ1) is 16.0. The van der Waals surface area contributed by atoms with E-state index in [1.165, 1.54) is 5.56 Å². The van der Waals surface area contributed by atoms with Gasteiger partial charge < -0.3 is 15.2 Å². The maximum atomic E-state index is 8.96. The highest BCUT2D eigenvalue weighted by Crippen LogP contribution is 2.14. The molecule has 0 amide bonds. The van der Waals surface area contributed by atoms with Gasteiger partial charge in [-0.25, -0.2) is 0 Å². The first-order valence-corrected chi connectivity index (χ1v) is 7.33. The number of hydrogen-bond acceptors (Lipinski definition) is 3. The predicted molar refractivity (Wildman–Crippen MR) is 79.4 cm³/mol. The molecule has 1 aromatic rings. The Morgan fingerprint density at radius 2 is 2.16 bits per heavy atom. The summed E-state index contributed by atoms with van der Waals surface area (Å²) in [5.41, 5.74) is 1.24. The largest absolute Gasteiger partial charge is 0.494 e. The van der Waals surface area contributed by atoms with Crippen molar-refractivity contribution in [3.05, 3.63) is 29.8 Å². The smallest absolute Gasteiger partial charge is 0.119 e. The van der Waals surface area contributed by atoms with Crippen molar-refractivity contribution in [1.29, 1.82) is 0 Å². The molecule has 1 atom stereocenters. The Morgan fingerprint density at radius 1 is 1.32 bits per heavy atom. The van der Waals surface area contributed by atoms with E-state index in [4.69, 9.17) is 9.84 Å². The molecule has 3 heteroatoms. The summed E-state index contributed by atoms with van der Waals surface area (Å²) in [6, 6.07) is 8.24. The Labute approximate surface area is 117 Å². The molecular formula is C16H27NO2. The van der Waals surface area contributed by atoms with Crippen molar-refractivity contribution >= 4 is 0 Å². The van der Waals surface area contributed by atoms with E-state index in [-0.39, 0.29) is 6.61 Å². The summed E-state index contributed by atoms with van der Waals surface area (Å²) < 4.78 is 5.62. The Bertz CT molecular complexity index is 341. The van der Waals surface area contributed by atoms with Gasteiger partial charge in [-0.3, -0.25) is 0 Å². The number of ether oxygens (including phenoxy) is 1. The summed E-state index contributed by atoms with van der Waals surface area (Å²) in [7, 11) is 0. The zero-order chi connectivity index (χ0) is 13.9. The summed E-state index contributed by atoms with van der Waals surface area (Å²) in [5.74, 6) is 1.51. The Kier molecular flexibility index (Phi) is 8.26. The first-order valence-electron chi connectivity index (χ1n) is 7.33. The molecule has 0 aliphatic heterocycles. The van der Waals surface area contributed by atoms with Gasteiger partial charge >= 0.3 is 0 Å². The average Bonchev–Trinajstić information content (AvgIpc) is 2.44. The van der Waals surface area contributed by atoms with Crippen molar-refractivity contribution in [3.63, 3.8) is 0 Å². The number of aliphatic hydroxyl groups is 1. The second-order valence-electron chi connectivity index (χ2n) is 4.91. The van der Waals surface area contributed by atoms with E-state index in [0.717, 1.165) is 44.7 Å². The zero-order valence-electron chi connectivity index (χ0n) is 12.2. The minimum absolute atomic E-state index is 0.278. The molecule has 19 heavy (non-hydrogen) atoms. The fraction of sp³-hybridized carbons (Fsp3) is 0.625. The minimum atomic E-state index is 0.278. The van der Waals surface area contributed by atoms with Gasteiger partial charge in [0.15, 0.2) is 0 Å².